The molecule has 0 saturated heterocycles. The third-order valence-electron chi connectivity index (χ3n) is 4.90. The Bertz CT molecular complexity index is 1100. The van der Waals surface area contributed by atoms with Gasteiger partial charge in [-0.2, -0.15) is 0 Å². The number of rotatable bonds is 9. The maximum atomic E-state index is 13.2. The maximum absolute atomic E-state index is 13.2. The van der Waals surface area contributed by atoms with Gasteiger partial charge in [0, 0.05) is 11.4 Å². The molecule has 2 amide bonds. The first-order chi connectivity index (χ1) is 15.1. The fraction of sp³-hybridized carbons (Fsp3) is 0.217. The zero-order valence-electron chi connectivity index (χ0n) is 17.1. The summed E-state index contributed by atoms with van der Waals surface area (Å²) in [6, 6.07) is 13.0. The van der Waals surface area contributed by atoms with E-state index in [0.717, 1.165) is 16.2 Å². The fourth-order valence-corrected chi connectivity index (χ4v) is 5.20. The van der Waals surface area contributed by atoms with Gasteiger partial charge in [-0.15, -0.1) is 23.1 Å². The second kappa shape index (κ2) is 9.45. The van der Waals surface area contributed by atoms with Crippen molar-refractivity contribution >= 4 is 40.5 Å². The van der Waals surface area contributed by atoms with E-state index in [9.17, 15) is 9.59 Å². The number of imide groups is 1. The molecule has 0 bridgehead atoms. The Balaban J connectivity index is 1.53. The molecular weight excluding hydrogens is 434 g/mol. The zero-order valence-corrected chi connectivity index (χ0v) is 18.8. The van der Waals surface area contributed by atoms with Gasteiger partial charge in [0.25, 0.3) is 11.8 Å². The number of carbonyl (C=O) groups is 2. The van der Waals surface area contributed by atoms with Crippen LogP contribution in [0.25, 0.3) is 5.57 Å². The number of ether oxygens (including phenoxy) is 2. The molecular formula is C23H21NO5S2. The van der Waals surface area contributed by atoms with Crippen molar-refractivity contribution in [3.05, 3.63) is 75.2 Å². The Morgan fingerprint density at radius 3 is 2.55 bits per heavy atom. The lowest BCUT2D eigenvalue weighted by Gasteiger charge is -2.16. The molecule has 0 radical (unpaired) electrons. The van der Waals surface area contributed by atoms with Gasteiger partial charge in [-0.05, 0) is 47.7 Å². The van der Waals surface area contributed by atoms with Gasteiger partial charge in [0.2, 0.25) is 0 Å². The quantitative estimate of drug-likeness (QED) is 0.439. The fourth-order valence-electron chi connectivity index (χ4n) is 3.34. The number of benzene rings is 1. The Morgan fingerprint density at radius 2 is 1.87 bits per heavy atom. The molecule has 6 nitrogen and oxygen atoms in total. The molecule has 1 aliphatic heterocycles. The smallest absolute Gasteiger partial charge is 0.268 e. The molecule has 160 valence electrons. The average molecular weight is 456 g/mol. The number of hydrogen-bond donors (Lipinski definition) is 0. The summed E-state index contributed by atoms with van der Waals surface area (Å²) in [6.07, 6.45) is 2.12. The molecule has 0 spiro atoms. The van der Waals surface area contributed by atoms with Gasteiger partial charge >= 0.3 is 0 Å². The summed E-state index contributed by atoms with van der Waals surface area (Å²) in [5.74, 6) is 1.98. The molecule has 2 aromatic heterocycles. The molecule has 1 aromatic carbocycles. The number of thioether (sulfide) groups is 1. The SMILES string of the molecule is COc1ccc(CCN2C(=O)C(SCc3ccco3)=C(c3cccs3)C2=O)cc1OC. The monoisotopic (exact) mass is 455 g/mol. The van der Waals surface area contributed by atoms with Crippen LogP contribution in [-0.4, -0.2) is 37.5 Å². The van der Waals surface area contributed by atoms with E-state index in [1.165, 1.54) is 28.0 Å². The van der Waals surface area contributed by atoms with E-state index in [1.807, 2.05) is 47.8 Å². The Hall–Kier alpha value is -2.97. The van der Waals surface area contributed by atoms with Crippen LogP contribution in [0.5, 0.6) is 11.5 Å². The maximum Gasteiger partial charge on any atom is 0.268 e. The molecule has 8 heteroatoms. The minimum Gasteiger partial charge on any atom is -0.493 e. The number of amides is 2. The van der Waals surface area contributed by atoms with E-state index in [1.54, 1.807) is 20.5 Å². The predicted octanol–water partition coefficient (Wildman–Crippen LogP) is 4.61. The first-order valence-corrected chi connectivity index (χ1v) is 11.5. The van der Waals surface area contributed by atoms with Gasteiger partial charge in [0.1, 0.15) is 5.76 Å². The molecule has 4 rings (SSSR count). The lowest BCUT2D eigenvalue weighted by Crippen LogP contribution is -2.33. The molecule has 0 unspecified atom stereocenters. The number of hydrogen-bond acceptors (Lipinski definition) is 7. The minimum atomic E-state index is -0.259. The van der Waals surface area contributed by atoms with E-state index < -0.39 is 0 Å². The first-order valence-electron chi connectivity index (χ1n) is 9.62. The highest BCUT2D eigenvalue weighted by molar-refractivity contribution is 8.03. The van der Waals surface area contributed by atoms with Gasteiger partial charge in [-0.3, -0.25) is 14.5 Å². The summed E-state index contributed by atoms with van der Waals surface area (Å²) in [4.78, 5) is 29.0. The summed E-state index contributed by atoms with van der Waals surface area (Å²) >= 11 is 2.79. The van der Waals surface area contributed by atoms with Crippen LogP contribution in [0.15, 0.2) is 63.4 Å². The summed E-state index contributed by atoms with van der Waals surface area (Å²) in [7, 11) is 3.16. The summed E-state index contributed by atoms with van der Waals surface area (Å²) in [5, 5.41) is 1.90. The largest absolute Gasteiger partial charge is 0.493 e. The van der Waals surface area contributed by atoms with Crippen LogP contribution in [0.3, 0.4) is 0 Å². The molecule has 31 heavy (non-hydrogen) atoms. The predicted molar refractivity (Wildman–Crippen MR) is 121 cm³/mol. The summed E-state index contributed by atoms with van der Waals surface area (Å²) < 4.78 is 16.0. The molecule has 0 atom stereocenters. The van der Waals surface area contributed by atoms with Gasteiger partial charge in [-0.25, -0.2) is 0 Å². The van der Waals surface area contributed by atoms with Gasteiger partial charge < -0.3 is 13.9 Å². The van der Waals surface area contributed by atoms with E-state index in [4.69, 9.17) is 13.9 Å². The highest BCUT2D eigenvalue weighted by Crippen LogP contribution is 2.39. The third kappa shape index (κ3) is 4.40. The van der Waals surface area contributed by atoms with E-state index in [2.05, 4.69) is 0 Å². The van der Waals surface area contributed by atoms with E-state index in [0.29, 0.717) is 34.2 Å². The number of carbonyl (C=O) groups excluding carboxylic acids is 2. The van der Waals surface area contributed by atoms with Crippen molar-refractivity contribution in [2.45, 2.75) is 12.2 Å². The number of thiophene rings is 1. The molecule has 0 fully saturated rings. The van der Waals surface area contributed by atoms with Crippen LogP contribution >= 0.6 is 23.1 Å². The van der Waals surface area contributed by atoms with Crippen molar-refractivity contribution in [3.8, 4) is 11.5 Å². The van der Waals surface area contributed by atoms with E-state index >= 15 is 0 Å². The third-order valence-corrected chi connectivity index (χ3v) is 6.89. The van der Waals surface area contributed by atoms with Crippen molar-refractivity contribution in [1.82, 2.24) is 4.90 Å². The highest BCUT2D eigenvalue weighted by Gasteiger charge is 2.39. The second-order valence-electron chi connectivity index (χ2n) is 6.75. The molecule has 3 heterocycles. The first kappa shape index (κ1) is 21.3. The van der Waals surface area contributed by atoms with Crippen LogP contribution in [0.1, 0.15) is 16.2 Å². The summed E-state index contributed by atoms with van der Waals surface area (Å²) in [6.45, 7) is 0.285. The molecule has 1 aliphatic rings. The highest BCUT2D eigenvalue weighted by atomic mass is 32.2. The van der Waals surface area contributed by atoms with Crippen molar-refractivity contribution in [1.29, 1.82) is 0 Å². The average Bonchev–Trinajstić information content (AvgIpc) is 3.53. The van der Waals surface area contributed by atoms with Crippen molar-refractivity contribution < 1.29 is 23.5 Å². The van der Waals surface area contributed by atoms with Crippen molar-refractivity contribution in [2.75, 3.05) is 20.8 Å². The Labute approximate surface area is 188 Å². The Morgan fingerprint density at radius 1 is 1.03 bits per heavy atom. The minimum absolute atomic E-state index is 0.255. The molecule has 0 saturated carbocycles. The summed E-state index contributed by atoms with van der Waals surface area (Å²) in [5.41, 5.74) is 1.43. The van der Waals surface area contributed by atoms with Crippen molar-refractivity contribution in [3.63, 3.8) is 0 Å². The van der Waals surface area contributed by atoms with Crippen LogP contribution in [0.4, 0.5) is 0 Å². The lowest BCUT2D eigenvalue weighted by atomic mass is 10.1. The van der Waals surface area contributed by atoms with Gasteiger partial charge in [0.05, 0.1) is 36.7 Å². The standard InChI is InChI=1S/C23H21NO5S2/c1-27-17-8-7-15(13-18(17)28-2)9-10-24-22(25)20(19-6-4-12-30-19)21(23(24)26)31-14-16-5-3-11-29-16/h3-8,11-13H,9-10,14H2,1-2H3. The van der Waals surface area contributed by atoms with Gasteiger partial charge in [0.15, 0.2) is 11.5 Å². The van der Waals surface area contributed by atoms with E-state index in [-0.39, 0.29) is 18.4 Å². The van der Waals surface area contributed by atoms with Crippen LogP contribution < -0.4 is 9.47 Å². The zero-order chi connectivity index (χ0) is 21.8. The number of nitrogens with zero attached hydrogens (tertiary/aromatic N) is 1. The number of methoxy groups -OCH3 is 2. The van der Waals surface area contributed by atoms with Crippen LogP contribution in [-0.2, 0) is 21.8 Å². The molecule has 3 aromatic rings. The normalized spacial score (nSPS) is 13.9. The van der Waals surface area contributed by atoms with Gasteiger partial charge in [-0.1, -0.05) is 12.1 Å². The van der Waals surface area contributed by atoms with Crippen LogP contribution in [0, 0.1) is 0 Å². The van der Waals surface area contributed by atoms with Crippen molar-refractivity contribution in [2.24, 2.45) is 0 Å². The lowest BCUT2D eigenvalue weighted by molar-refractivity contribution is -0.136. The molecule has 0 N–H and O–H groups in total. The topological polar surface area (TPSA) is 69.0 Å². The van der Waals surface area contributed by atoms with Crippen LogP contribution in [0.2, 0.25) is 0 Å². The Kier molecular flexibility index (Phi) is 6.48. The number of furan rings is 1. The molecule has 0 aliphatic carbocycles. The second-order valence-corrected chi connectivity index (χ2v) is 8.68.